The minimum Gasteiger partial charge on any atom is -0.497 e. The Morgan fingerprint density at radius 2 is 2.15 bits per heavy atom. The molecule has 104 valence electrons. The molecule has 1 aromatic carbocycles. The Hall–Kier alpha value is -2.34. The monoisotopic (exact) mass is 289 g/mol. The molecule has 0 saturated carbocycles. The lowest BCUT2D eigenvalue weighted by molar-refractivity contribution is 0.414. The van der Waals surface area contributed by atoms with Crippen LogP contribution in [0.4, 0.5) is 0 Å². The van der Waals surface area contributed by atoms with Crippen LogP contribution in [-0.2, 0) is 6.54 Å². The van der Waals surface area contributed by atoms with Crippen molar-refractivity contribution in [3.8, 4) is 5.75 Å². The maximum atomic E-state index is 5.11. The maximum Gasteiger partial charge on any atom is 0.187 e. The number of thiocarbonyl (C=S) groups is 1. The number of hydrogen-bond acceptors (Lipinski definition) is 4. The van der Waals surface area contributed by atoms with Gasteiger partial charge >= 0.3 is 0 Å². The summed E-state index contributed by atoms with van der Waals surface area (Å²) in [7, 11) is 1.64. The first-order chi connectivity index (χ1) is 9.78. The molecule has 5 nitrogen and oxygen atoms in total. The van der Waals surface area contributed by atoms with Crippen LogP contribution in [0.1, 0.15) is 11.3 Å². The number of furan rings is 1. The van der Waals surface area contributed by atoms with Crippen LogP contribution in [0.15, 0.2) is 52.2 Å². The number of nitrogens with zero attached hydrogens (tertiary/aromatic N) is 1. The Kier molecular flexibility index (Phi) is 5.14. The summed E-state index contributed by atoms with van der Waals surface area (Å²) in [6, 6.07) is 11.4. The van der Waals surface area contributed by atoms with Gasteiger partial charge in [0, 0.05) is 6.54 Å². The number of methoxy groups -OCH3 is 1. The Labute approximate surface area is 122 Å². The number of nitrogens with one attached hydrogen (secondary N) is 2. The molecule has 0 bridgehead atoms. The van der Waals surface area contributed by atoms with E-state index in [0.717, 1.165) is 11.3 Å². The highest BCUT2D eigenvalue weighted by Gasteiger charge is 1.96. The SMILES string of the molecule is COc1ccc(CNC(=S)N/N=C\c2ccco2)cc1. The van der Waals surface area contributed by atoms with Crippen molar-refractivity contribution in [2.24, 2.45) is 5.10 Å². The highest BCUT2D eigenvalue weighted by molar-refractivity contribution is 7.80. The molecule has 0 aliphatic carbocycles. The first-order valence-corrected chi connectivity index (χ1v) is 6.42. The molecule has 0 atom stereocenters. The van der Waals surface area contributed by atoms with Crippen LogP contribution in [-0.4, -0.2) is 18.4 Å². The number of hydrazone groups is 1. The standard InChI is InChI=1S/C14H15N3O2S/c1-18-12-6-4-11(5-7-12)9-15-14(20)17-16-10-13-3-2-8-19-13/h2-8,10H,9H2,1H3,(H2,15,17,20)/b16-10-. The van der Waals surface area contributed by atoms with Gasteiger partial charge in [0.25, 0.3) is 0 Å². The zero-order valence-corrected chi connectivity index (χ0v) is 11.8. The molecule has 0 aliphatic heterocycles. The average Bonchev–Trinajstić information content (AvgIpc) is 2.99. The molecule has 2 N–H and O–H groups in total. The number of benzene rings is 1. The fourth-order valence-corrected chi connectivity index (χ4v) is 1.61. The molecule has 2 rings (SSSR count). The minimum atomic E-state index is 0.448. The maximum absolute atomic E-state index is 5.11. The van der Waals surface area contributed by atoms with Crippen molar-refractivity contribution in [1.29, 1.82) is 0 Å². The number of rotatable bonds is 5. The third-order valence-electron chi connectivity index (χ3n) is 2.51. The highest BCUT2D eigenvalue weighted by Crippen LogP contribution is 2.10. The van der Waals surface area contributed by atoms with Gasteiger partial charge in [-0.25, -0.2) is 0 Å². The van der Waals surface area contributed by atoms with Crippen LogP contribution >= 0.6 is 12.2 Å². The summed E-state index contributed by atoms with van der Waals surface area (Å²) in [5.41, 5.74) is 3.82. The molecule has 1 aromatic heterocycles. The summed E-state index contributed by atoms with van der Waals surface area (Å²) in [6.45, 7) is 0.617. The lowest BCUT2D eigenvalue weighted by atomic mass is 10.2. The summed E-state index contributed by atoms with van der Waals surface area (Å²) in [5.74, 6) is 1.49. The van der Waals surface area contributed by atoms with Gasteiger partial charge in [-0.3, -0.25) is 5.43 Å². The molecule has 0 fully saturated rings. The van der Waals surface area contributed by atoms with Gasteiger partial charge < -0.3 is 14.5 Å². The van der Waals surface area contributed by atoms with E-state index in [4.69, 9.17) is 21.4 Å². The van der Waals surface area contributed by atoms with Gasteiger partial charge in [-0.1, -0.05) is 12.1 Å². The topological polar surface area (TPSA) is 58.8 Å². The van der Waals surface area contributed by atoms with Crippen molar-refractivity contribution in [3.05, 3.63) is 54.0 Å². The van der Waals surface area contributed by atoms with E-state index in [1.165, 1.54) is 0 Å². The van der Waals surface area contributed by atoms with Gasteiger partial charge in [0.15, 0.2) is 5.11 Å². The van der Waals surface area contributed by atoms with Gasteiger partial charge in [0.1, 0.15) is 11.5 Å². The molecule has 0 spiro atoms. The van der Waals surface area contributed by atoms with Crippen LogP contribution in [0.5, 0.6) is 5.75 Å². The molecule has 0 unspecified atom stereocenters. The third kappa shape index (κ3) is 4.40. The van der Waals surface area contributed by atoms with E-state index in [-0.39, 0.29) is 0 Å². The van der Waals surface area contributed by atoms with Crippen LogP contribution in [0.3, 0.4) is 0 Å². The van der Waals surface area contributed by atoms with Gasteiger partial charge in [0.05, 0.1) is 19.6 Å². The summed E-state index contributed by atoms with van der Waals surface area (Å²) in [4.78, 5) is 0. The first-order valence-electron chi connectivity index (χ1n) is 6.01. The molecule has 0 aliphatic rings. The normalized spacial score (nSPS) is 10.4. The van der Waals surface area contributed by atoms with Crippen LogP contribution in [0, 0.1) is 0 Å². The molecule has 0 saturated heterocycles. The minimum absolute atomic E-state index is 0.448. The van der Waals surface area contributed by atoms with E-state index < -0.39 is 0 Å². The second-order valence-corrected chi connectivity index (χ2v) is 4.32. The Morgan fingerprint density at radius 1 is 1.35 bits per heavy atom. The molecule has 2 aromatic rings. The highest BCUT2D eigenvalue weighted by atomic mass is 32.1. The van der Waals surface area contributed by atoms with Gasteiger partial charge in [-0.05, 0) is 42.0 Å². The van der Waals surface area contributed by atoms with Crippen molar-refractivity contribution in [2.75, 3.05) is 7.11 Å². The molecular weight excluding hydrogens is 274 g/mol. The quantitative estimate of drug-likeness (QED) is 0.502. The summed E-state index contributed by atoms with van der Waals surface area (Å²) in [6.07, 6.45) is 3.14. The Morgan fingerprint density at radius 3 is 2.80 bits per heavy atom. The fourth-order valence-electron chi connectivity index (χ4n) is 1.48. The van der Waals surface area contributed by atoms with E-state index in [1.807, 2.05) is 24.3 Å². The van der Waals surface area contributed by atoms with Crippen LogP contribution in [0.25, 0.3) is 0 Å². The van der Waals surface area contributed by atoms with Gasteiger partial charge in [-0.15, -0.1) is 0 Å². The smallest absolute Gasteiger partial charge is 0.187 e. The van der Waals surface area contributed by atoms with E-state index in [0.29, 0.717) is 17.4 Å². The Bertz CT molecular complexity index is 565. The van der Waals surface area contributed by atoms with Crippen LogP contribution in [0.2, 0.25) is 0 Å². The Balaban J connectivity index is 1.74. The van der Waals surface area contributed by atoms with Crippen molar-refractivity contribution in [1.82, 2.24) is 10.7 Å². The summed E-state index contributed by atoms with van der Waals surface area (Å²) in [5, 5.41) is 7.46. The van der Waals surface area contributed by atoms with Crippen molar-refractivity contribution < 1.29 is 9.15 Å². The fraction of sp³-hybridized carbons (Fsp3) is 0.143. The number of hydrogen-bond donors (Lipinski definition) is 2. The summed E-state index contributed by atoms with van der Waals surface area (Å²) >= 11 is 5.11. The van der Waals surface area contributed by atoms with Crippen molar-refractivity contribution in [2.45, 2.75) is 6.54 Å². The zero-order valence-electron chi connectivity index (χ0n) is 11.0. The molecule has 20 heavy (non-hydrogen) atoms. The van der Waals surface area contributed by atoms with E-state index in [2.05, 4.69) is 15.8 Å². The summed E-state index contributed by atoms with van der Waals surface area (Å²) < 4.78 is 10.2. The molecular formula is C14H15N3O2S. The second kappa shape index (κ2) is 7.30. The van der Waals surface area contributed by atoms with E-state index in [1.54, 1.807) is 31.7 Å². The molecule has 0 amide bonds. The predicted molar refractivity (Wildman–Crippen MR) is 81.9 cm³/mol. The molecule has 1 heterocycles. The second-order valence-electron chi connectivity index (χ2n) is 3.92. The first kappa shape index (κ1) is 14.1. The number of ether oxygens (including phenoxy) is 1. The lowest BCUT2D eigenvalue weighted by Gasteiger charge is -2.07. The predicted octanol–water partition coefficient (Wildman–Crippen LogP) is 2.29. The van der Waals surface area contributed by atoms with E-state index >= 15 is 0 Å². The lowest BCUT2D eigenvalue weighted by Crippen LogP contribution is -2.31. The average molecular weight is 289 g/mol. The van der Waals surface area contributed by atoms with Gasteiger partial charge in [0.2, 0.25) is 0 Å². The zero-order chi connectivity index (χ0) is 14.2. The van der Waals surface area contributed by atoms with Crippen molar-refractivity contribution in [3.63, 3.8) is 0 Å². The van der Waals surface area contributed by atoms with E-state index in [9.17, 15) is 0 Å². The van der Waals surface area contributed by atoms with Crippen LogP contribution < -0.4 is 15.5 Å². The molecule has 0 radical (unpaired) electrons. The van der Waals surface area contributed by atoms with Crippen molar-refractivity contribution >= 4 is 23.5 Å². The third-order valence-corrected chi connectivity index (χ3v) is 2.75. The molecule has 6 heteroatoms. The van der Waals surface area contributed by atoms with Gasteiger partial charge in [-0.2, -0.15) is 5.10 Å². The largest absolute Gasteiger partial charge is 0.497 e.